The molecule has 1 aliphatic rings. The highest BCUT2D eigenvalue weighted by Gasteiger charge is 2.28. The number of aromatic nitrogens is 1. The van der Waals surface area contributed by atoms with Crippen molar-refractivity contribution in [1.82, 2.24) is 4.98 Å². The Morgan fingerprint density at radius 3 is 2.80 bits per heavy atom. The lowest BCUT2D eigenvalue weighted by molar-refractivity contribution is -0.384. The van der Waals surface area contributed by atoms with Gasteiger partial charge in [-0.15, -0.1) is 0 Å². The Morgan fingerprint density at radius 2 is 2.25 bits per heavy atom. The minimum atomic E-state index is -0.410. The molecule has 1 aliphatic carbocycles. The van der Waals surface area contributed by atoms with E-state index in [1.54, 1.807) is 0 Å². The van der Waals surface area contributed by atoms with Gasteiger partial charge in [0.15, 0.2) is 0 Å². The summed E-state index contributed by atoms with van der Waals surface area (Å²) < 4.78 is 0. The number of hydrogen-bond acceptors (Lipinski definition) is 6. The quantitative estimate of drug-likeness (QED) is 0.608. The molecule has 0 aromatic carbocycles. The van der Waals surface area contributed by atoms with Crippen LogP contribution < -0.4 is 10.2 Å². The SMILES string of the molecule is CCNc1cc([N+](=O)[O-])cc(N(C)CC2CC(O)C2)n1. The largest absolute Gasteiger partial charge is 0.393 e. The number of hydrogen-bond donors (Lipinski definition) is 2. The standard InChI is InChI=1S/C13H20N4O3/c1-3-14-12-6-10(17(19)20)7-13(15-12)16(2)8-9-4-11(18)5-9/h6-7,9,11,18H,3-5,8H2,1-2H3,(H,14,15). The highest BCUT2D eigenvalue weighted by atomic mass is 16.6. The maximum Gasteiger partial charge on any atom is 0.276 e. The third-order valence-corrected chi connectivity index (χ3v) is 3.50. The van der Waals surface area contributed by atoms with Crippen molar-refractivity contribution in [3.05, 3.63) is 22.2 Å². The van der Waals surface area contributed by atoms with Crippen molar-refractivity contribution >= 4 is 17.3 Å². The third kappa shape index (κ3) is 3.36. The molecule has 1 saturated carbocycles. The van der Waals surface area contributed by atoms with Gasteiger partial charge in [0.25, 0.3) is 5.69 Å². The smallest absolute Gasteiger partial charge is 0.276 e. The first-order valence-corrected chi connectivity index (χ1v) is 6.79. The molecule has 110 valence electrons. The van der Waals surface area contributed by atoms with Crippen LogP contribution in [0.2, 0.25) is 0 Å². The van der Waals surface area contributed by atoms with Crippen molar-refractivity contribution in [2.45, 2.75) is 25.9 Å². The Labute approximate surface area is 117 Å². The Morgan fingerprint density at radius 1 is 1.55 bits per heavy atom. The summed E-state index contributed by atoms with van der Waals surface area (Å²) in [5.74, 6) is 1.52. The van der Waals surface area contributed by atoms with Gasteiger partial charge in [0.05, 0.1) is 23.2 Å². The van der Waals surface area contributed by atoms with E-state index in [0.29, 0.717) is 24.1 Å². The van der Waals surface area contributed by atoms with E-state index in [1.165, 1.54) is 12.1 Å². The van der Waals surface area contributed by atoms with Gasteiger partial charge in [-0.1, -0.05) is 0 Å². The molecule has 0 bridgehead atoms. The van der Waals surface area contributed by atoms with Crippen molar-refractivity contribution in [2.24, 2.45) is 5.92 Å². The molecule has 0 amide bonds. The molecule has 0 aliphatic heterocycles. The Kier molecular flexibility index (Phi) is 4.39. The van der Waals surface area contributed by atoms with Gasteiger partial charge < -0.3 is 15.3 Å². The number of rotatable bonds is 6. The van der Waals surface area contributed by atoms with Gasteiger partial charge in [0.2, 0.25) is 0 Å². The fourth-order valence-electron chi connectivity index (χ4n) is 2.41. The molecule has 1 heterocycles. The molecule has 2 rings (SSSR count). The van der Waals surface area contributed by atoms with Gasteiger partial charge in [0, 0.05) is 20.1 Å². The summed E-state index contributed by atoms with van der Waals surface area (Å²) in [4.78, 5) is 16.8. The van der Waals surface area contributed by atoms with Crippen LogP contribution in [0.4, 0.5) is 17.3 Å². The molecule has 0 atom stereocenters. The summed E-state index contributed by atoms with van der Waals surface area (Å²) in [7, 11) is 1.87. The summed E-state index contributed by atoms with van der Waals surface area (Å²) in [5, 5.41) is 23.3. The van der Waals surface area contributed by atoms with Crippen molar-refractivity contribution in [3.63, 3.8) is 0 Å². The molecule has 1 fully saturated rings. The maximum absolute atomic E-state index is 11.0. The zero-order valence-electron chi connectivity index (χ0n) is 11.7. The van der Waals surface area contributed by atoms with Gasteiger partial charge in [-0.25, -0.2) is 4.98 Å². The van der Waals surface area contributed by atoms with Crippen LogP contribution in [0.1, 0.15) is 19.8 Å². The van der Waals surface area contributed by atoms with Crippen LogP contribution in [0, 0.1) is 16.0 Å². The molecule has 0 unspecified atom stereocenters. The number of nitrogens with one attached hydrogen (secondary N) is 1. The van der Waals surface area contributed by atoms with Crippen LogP contribution in [0.25, 0.3) is 0 Å². The van der Waals surface area contributed by atoms with E-state index in [0.717, 1.165) is 19.4 Å². The molecular weight excluding hydrogens is 260 g/mol. The Balaban J connectivity index is 2.13. The summed E-state index contributed by atoms with van der Waals surface area (Å²) in [6, 6.07) is 2.92. The van der Waals surface area contributed by atoms with Gasteiger partial charge in [0.1, 0.15) is 11.6 Å². The van der Waals surface area contributed by atoms with Crippen molar-refractivity contribution in [3.8, 4) is 0 Å². The predicted molar refractivity (Wildman–Crippen MR) is 77.1 cm³/mol. The van der Waals surface area contributed by atoms with Gasteiger partial charge >= 0.3 is 0 Å². The molecule has 1 aromatic heterocycles. The van der Waals surface area contributed by atoms with E-state index in [9.17, 15) is 15.2 Å². The normalized spacial score (nSPS) is 21.1. The first kappa shape index (κ1) is 14.5. The minimum absolute atomic E-state index is 0.0337. The van der Waals surface area contributed by atoms with Crippen molar-refractivity contribution in [1.29, 1.82) is 0 Å². The monoisotopic (exact) mass is 280 g/mol. The lowest BCUT2D eigenvalue weighted by atomic mass is 9.82. The maximum atomic E-state index is 11.0. The van der Waals surface area contributed by atoms with Crippen LogP contribution in [-0.4, -0.2) is 41.3 Å². The average Bonchev–Trinajstić information content (AvgIpc) is 2.36. The molecule has 0 saturated heterocycles. The van der Waals surface area contributed by atoms with Gasteiger partial charge in [-0.2, -0.15) is 0 Å². The second-order valence-electron chi connectivity index (χ2n) is 5.23. The van der Waals surface area contributed by atoms with Crippen LogP contribution in [0.5, 0.6) is 0 Å². The van der Waals surface area contributed by atoms with Gasteiger partial charge in [-0.3, -0.25) is 10.1 Å². The summed E-state index contributed by atoms with van der Waals surface area (Å²) in [6.07, 6.45) is 1.39. The third-order valence-electron chi connectivity index (χ3n) is 3.50. The fraction of sp³-hybridized carbons (Fsp3) is 0.615. The van der Waals surface area contributed by atoms with Gasteiger partial charge in [-0.05, 0) is 25.7 Å². The number of pyridine rings is 1. The van der Waals surface area contributed by atoms with E-state index in [4.69, 9.17) is 0 Å². The summed E-state index contributed by atoms with van der Waals surface area (Å²) >= 11 is 0. The molecule has 0 spiro atoms. The molecule has 7 nitrogen and oxygen atoms in total. The summed E-state index contributed by atoms with van der Waals surface area (Å²) in [6.45, 7) is 3.32. The zero-order valence-corrected chi connectivity index (χ0v) is 11.7. The molecule has 0 radical (unpaired) electrons. The van der Waals surface area contributed by atoms with Crippen LogP contribution in [-0.2, 0) is 0 Å². The molecule has 20 heavy (non-hydrogen) atoms. The van der Waals surface area contributed by atoms with Crippen LogP contribution >= 0.6 is 0 Å². The molecule has 1 aromatic rings. The summed E-state index contributed by atoms with van der Waals surface area (Å²) in [5.41, 5.74) is 0.0337. The Hall–Kier alpha value is -1.89. The van der Waals surface area contributed by atoms with Crippen molar-refractivity contribution in [2.75, 3.05) is 30.4 Å². The second-order valence-corrected chi connectivity index (χ2v) is 5.23. The minimum Gasteiger partial charge on any atom is -0.393 e. The van der Waals surface area contributed by atoms with Crippen LogP contribution in [0.15, 0.2) is 12.1 Å². The number of nitrogens with zero attached hydrogens (tertiary/aromatic N) is 3. The second kappa shape index (κ2) is 6.04. The lowest BCUT2D eigenvalue weighted by Crippen LogP contribution is -2.37. The number of nitro groups is 1. The molecule has 7 heteroatoms. The van der Waals surface area contributed by atoms with E-state index >= 15 is 0 Å². The topological polar surface area (TPSA) is 91.5 Å². The van der Waals surface area contributed by atoms with Crippen molar-refractivity contribution < 1.29 is 10.0 Å². The zero-order chi connectivity index (χ0) is 14.7. The Bertz CT molecular complexity index is 489. The number of aliphatic hydroxyl groups is 1. The van der Waals surface area contributed by atoms with E-state index in [2.05, 4.69) is 10.3 Å². The predicted octanol–water partition coefficient (Wildman–Crippen LogP) is 1.63. The molecule has 2 N–H and O–H groups in total. The van der Waals surface area contributed by atoms with Crippen LogP contribution in [0.3, 0.4) is 0 Å². The number of aliphatic hydroxyl groups excluding tert-OH is 1. The highest BCUT2D eigenvalue weighted by molar-refractivity contribution is 5.55. The molecular formula is C13H20N4O3. The first-order valence-electron chi connectivity index (χ1n) is 6.79. The first-order chi connectivity index (χ1) is 9.49. The number of anilines is 2. The van der Waals surface area contributed by atoms with E-state index in [-0.39, 0.29) is 11.8 Å². The highest BCUT2D eigenvalue weighted by Crippen LogP contribution is 2.30. The van der Waals surface area contributed by atoms with E-state index in [1.807, 2.05) is 18.9 Å². The lowest BCUT2D eigenvalue weighted by Gasteiger charge is -2.34. The average molecular weight is 280 g/mol. The fourth-order valence-corrected chi connectivity index (χ4v) is 2.41. The van der Waals surface area contributed by atoms with E-state index < -0.39 is 4.92 Å².